The van der Waals surface area contributed by atoms with Crippen LogP contribution in [0.5, 0.6) is 0 Å². The van der Waals surface area contributed by atoms with Crippen LogP contribution in [0.25, 0.3) is 0 Å². The van der Waals surface area contributed by atoms with E-state index >= 15 is 4.39 Å². The zero-order valence-electron chi connectivity index (χ0n) is 20.7. The average Bonchev–Trinajstić information content (AvgIpc) is 2.99. The number of Topliss-reactive ketones (excluding diaryl/α,β-unsaturated/α-hetero) is 1. The molecule has 0 bridgehead atoms. The van der Waals surface area contributed by atoms with Gasteiger partial charge in [0.15, 0.2) is 18.1 Å². The molecule has 4 aliphatic carbocycles. The number of hydrogen-bond acceptors (Lipinski definition) is 8. The van der Waals surface area contributed by atoms with Gasteiger partial charge in [-0.1, -0.05) is 25.5 Å². The standard InChI is InChI=1S/C26H34FNO8/c1-13-8-17-16-5-4-14-9-15(29)6-7-23(14,2)25(16,27)19(30)11-24(17,3)26(13,35)20(31)12-36-22(34)18(28)10-21(32)33/h6-7,9,13,16-19,30,35H,4-5,8,10-12,28H2,1-3H3,(H,32,33)/t13-,16?,17?,18-,19+,23+,24+,25+,26+/m1/s1. The summed E-state index contributed by atoms with van der Waals surface area (Å²) >= 11 is 0. The maximum absolute atomic E-state index is 17.1. The van der Waals surface area contributed by atoms with Crippen LogP contribution < -0.4 is 5.73 Å². The monoisotopic (exact) mass is 507 g/mol. The molecule has 4 rings (SSSR count). The molecule has 0 amide bonds. The van der Waals surface area contributed by atoms with Gasteiger partial charge < -0.3 is 25.8 Å². The van der Waals surface area contributed by atoms with Gasteiger partial charge in [0.2, 0.25) is 5.78 Å². The molecule has 5 N–H and O–H groups in total. The summed E-state index contributed by atoms with van der Waals surface area (Å²) in [4.78, 5) is 48.1. The zero-order chi connectivity index (χ0) is 26.8. The highest BCUT2D eigenvalue weighted by Crippen LogP contribution is 2.70. The van der Waals surface area contributed by atoms with Crippen molar-refractivity contribution in [2.24, 2.45) is 34.3 Å². The first-order chi connectivity index (χ1) is 16.6. The molecule has 3 fully saturated rings. The number of aliphatic carboxylic acids is 1. The van der Waals surface area contributed by atoms with Crippen LogP contribution in [0, 0.1) is 28.6 Å². The van der Waals surface area contributed by atoms with E-state index in [1.165, 1.54) is 18.2 Å². The fraction of sp³-hybridized carbons (Fsp3) is 0.692. The number of rotatable bonds is 6. The Hall–Kier alpha value is -2.43. The van der Waals surface area contributed by atoms with E-state index in [-0.39, 0.29) is 12.2 Å². The van der Waals surface area contributed by atoms with Gasteiger partial charge in [-0.15, -0.1) is 0 Å². The Morgan fingerprint density at radius 3 is 2.58 bits per heavy atom. The molecule has 0 aromatic rings. The predicted molar refractivity (Wildman–Crippen MR) is 124 cm³/mol. The van der Waals surface area contributed by atoms with E-state index in [9.17, 15) is 29.4 Å². The highest BCUT2D eigenvalue weighted by Gasteiger charge is 2.75. The molecule has 0 heterocycles. The number of fused-ring (bicyclic) bond motifs is 5. The predicted octanol–water partition coefficient (Wildman–Crippen LogP) is 1.25. The van der Waals surface area contributed by atoms with Crippen LogP contribution >= 0.6 is 0 Å². The van der Waals surface area contributed by atoms with Crippen LogP contribution in [-0.4, -0.2) is 68.8 Å². The summed E-state index contributed by atoms with van der Waals surface area (Å²) in [5, 5.41) is 31.9. The first-order valence-electron chi connectivity index (χ1n) is 12.3. The molecule has 2 unspecified atom stereocenters. The fourth-order valence-corrected chi connectivity index (χ4v) is 7.77. The van der Waals surface area contributed by atoms with Gasteiger partial charge in [0.1, 0.15) is 11.6 Å². The van der Waals surface area contributed by atoms with Gasteiger partial charge in [-0.05, 0) is 56.6 Å². The van der Waals surface area contributed by atoms with E-state index in [2.05, 4.69) is 0 Å². The molecule has 9 nitrogen and oxygen atoms in total. The molecule has 4 aliphatic rings. The third-order valence-electron chi connectivity index (χ3n) is 9.69. The van der Waals surface area contributed by atoms with Crippen LogP contribution in [0.15, 0.2) is 23.8 Å². The number of alkyl halides is 1. The lowest BCUT2D eigenvalue weighted by atomic mass is 9.44. The van der Waals surface area contributed by atoms with E-state index in [0.29, 0.717) is 24.8 Å². The molecule has 198 valence electrons. The van der Waals surface area contributed by atoms with Crippen LogP contribution in [-0.2, 0) is 23.9 Å². The molecule has 36 heavy (non-hydrogen) atoms. The van der Waals surface area contributed by atoms with Crippen LogP contribution in [0.2, 0.25) is 0 Å². The van der Waals surface area contributed by atoms with Crippen LogP contribution in [0.3, 0.4) is 0 Å². The van der Waals surface area contributed by atoms with Crippen molar-refractivity contribution in [2.75, 3.05) is 6.61 Å². The van der Waals surface area contributed by atoms with Crippen molar-refractivity contribution in [3.63, 3.8) is 0 Å². The Labute approximate surface area is 208 Å². The van der Waals surface area contributed by atoms with Gasteiger partial charge in [-0.25, -0.2) is 4.39 Å². The van der Waals surface area contributed by atoms with E-state index < -0.39 is 82.7 Å². The summed E-state index contributed by atoms with van der Waals surface area (Å²) in [6.45, 7) is 4.23. The Morgan fingerprint density at radius 2 is 1.94 bits per heavy atom. The molecular weight excluding hydrogens is 473 g/mol. The van der Waals surface area contributed by atoms with Crippen molar-refractivity contribution >= 4 is 23.5 Å². The number of ketones is 2. The highest BCUT2D eigenvalue weighted by molar-refractivity contribution is 6.01. The molecule has 0 radical (unpaired) electrons. The minimum Gasteiger partial charge on any atom is -0.481 e. The number of hydrogen-bond donors (Lipinski definition) is 4. The van der Waals surface area contributed by atoms with Gasteiger partial charge in [0, 0.05) is 16.7 Å². The molecule has 0 aliphatic heterocycles. The summed E-state index contributed by atoms with van der Waals surface area (Å²) in [7, 11) is 0. The first-order valence-corrected chi connectivity index (χ1v) is 12.3. The molecule has 0 aromatic carbocycles. The highest BCUT2D eigenvalue weighted by atomic mass is 19.1. The maximum Gasteiger partial charge on any atom is 0.323 e. The summed E-state index contributed by atoms with van der Waals surface area (Å²) in [6, 6.07) is -1.46. The number of carboxylic acids is 1. The largest absolute Gasteiger partial charge is 0.481 e. The Morgan fingerprint density at radius 1 is 1.28 bits per heavy atom. The lowest BCUT2D eigenvalue weighted by Gasteiger charge is -2.62. The van der Waals surface area contributed by atoms with Gasteiger partial charge in [-0.2, -0.15) is 0 Å². The number of esters is 1. The number of halogens is 1. The summed E-state index contributed by atoms with van der Waals surface area (Å²) in [5.41, 5.74) is -0.359. The van der Waals surface area contributed by atoms with E-state index in [1.54, 1.807) is 20.8 Å². The molecule has 0 spiro atoms. The number of aliphatic hydroxyl groups excluding tert-OH is 1. The van der Waals surface area contributed by atoms with Crippen molar-refractivity contribution in [1.82, 2.24) is 0 Å². The molecule has 0 aromatic heterocycles. The number of carboxylic acid groups (broad SMARTS) is 1. The first kappa shape index (κ1) is 26.6. The van der Waals surface area contributed by atoms with Crippen molar-refractivity contribution < 1.29 is 43.6 Å². The lowest BCUT2D eigenvalue weighted by Crippen LogP contribution is -2.69. The van der Waals surface area contributed by atoms with Crippen molar-refractivity contribution in [3.05, 3.63) is 23.8 Å². The smallest absolute Gasteiger partial charge is 0.323 e. The van der Waals surface area contributed by atoms with Crippen molar-refractivity contribution in [2.45, 2.75) is 76.3 Å². The number of nitrogens with two attached hydrogens (primary N) is 1. The third-order valence-corrected chi connectivity index (χ3v) is 9.69. The molecular formula is C26H34FNO8. The number of carbonyl (C=O) groups excluding carboxylic acids is 3. The van der Waals surface area contributed by atoms with Gasteiger partial charge in [0.05, 0.1) is 12.5 Å². The fourth-order valence-electron chi connectivity index (χ4n) is 7.77. The number of carbonyl (C=O) groups is 4. The van der Waals surface area contributed by atoms with E-state index in [1.807, 2.05) is 0 Å². The van der Waals surface area contributed by atoms with Crippen molar-refractivity contribution in [3.8, 4) is 0 Å². The third kappa shape index (κ3) is 3.44. The Kier molecular flexibility index (Phi) is 6.33. The SMILES string of the molecule is C[C@@H]1CC2C3CCC4=CC(=O)C=C[C@]4(C)[C@@]3(F)[C@@H](O)C[C@]2(C)[C@@]1(O)C(=O)COC(=O)[C@H](N)CC(=O)O. The lowest BCUT2D eigenvalue weighted by molar-refractivity contribution is -0.220. The maximum atomic E-state index is 17.1. The zero-order valence-corrected chi connectivity index (χ0v) is 20.7. The Bertz CT molecular complexity index is 1070. The van der Waals surface area contributed by atoms with Crippen LogP contribution in [0.1, 0.15) is 52.9 Å². The van der Waals surface area contributed by atoms with E-state index in [0.717, 1.165) is 0 Å². The summed E-state index contributed by atoms with van der Waals surface area (Å²) in [6.07, 6.45) is 3.06. The van der Waals surface area contributed by atoms with Crippen LogP contribution in [0.4, 0.5) is 4.39 Å². The van der Waals surface area contributed by atoms with E-state index in [4.69, 9.17) is 15.6 Å². The van der Waals surface area contributed by atoms with Crippen molar-refractivity contribution in [1.29, 1.82) is 0 Å². The average molecular weight is 508 g/mol. The molecule has 3 saturated carbocycles. The topological polar surface area (TPSA) is 164 Å². The second kappa shape index (κ2) is 8.56. The van der Waals surface area contributed by atoms with Gasteiger partial charge >= 0.3 is 11.9 Å². The number of allylic oxidation sites excluding steroid dienone is 4. The summed E-state index contributed by atoms with van der Waals surface area (Å²) < 4.78 is 22.1. The molecule has 9 atom stereocenters. The summed E-state index contributed by atoms with van der Waals surface area (Å²) in [5.74, 6) is -5.13. The second-order valence-corrected chi connectivity index (χ2v) is 11.4. The number of aliphatic hydroxyl groups is 2. The second-order valence-electron chi connectivity index (χ2n) is 11.4. The quantitative estimate of drug-likeness (QED) is 0.387. The number of ether oxygens (including phenoxy) is 1. The van der Waals surface area contributed by atoms with Gasteiger partial charge in [-0.3, -0.25) is 19.2 Å². The molecule has 0 saturated heterocycles. The molecule has 10 heteroatoms. The normalized spacial score (nSPS) is 44.1. The minimum atomic E-state index is -2.09. The van der Waals surface area contributed by atoms with Gasteiger partial charge in [0.25, 0.3) is 0 Å². The minimum absolute atomic E-state index is 0.200. The Balaban J connectivity index is 1.62.